The Bertz CT molecular complexity index is 634. The normalized spacial score (nSPS) is 14.3. The number of ether oxygens (including phenoxy) is 1. The molecule has 19 heavy (non-hydrogen) atoms. The van der Waals surface area contributed by atoms with Gasteiger partial charge in [0.2, 0.25) is 0 Å². The molecular weight excluding hydrogens is 236 g/mol. The van der Waals surface area contributed by atoms with Gasteiger partial charge in [-0.3, -0.25) is 4.98 Å². The fraction of sp³-hybridized carbons (Fsp3) is 0.438. The van der Waals surface area contributed by atoms with Crippen LogP contribution in [0.4, 0.5) is 5.69 Å². The number of aromatic nitrogens is 1. The quantitative estimate of drug-likeness (QED) is 0.893. The summed E-state index contributed by atoms with van der Waals surface area (Å²) in [6.07, 6.45) is 4.75. The van der Waals surface area contributed by atoms with Crippen LogP contribution >= 0.6 is 0 Å². The van der Waals surface area contributed by atoms with Crippen LogP contribution in [0.25, 0.3) is 10.9 Å². The lowest BCUT2D eigenvalue weighted by atomic mass is 9.92. The predicted molar refractivity (Wildman–Crippen MR) is 79.2 cm³/mol. The van der Waals surface area contributed by atoms with Gasteiger partial charge in [-0.05, 0) is 55.9 Å². The molecule has 1 aromatic heterocycles. The Labute approximate surface area is 114 Å². The highest BCUT2D eigenvalue weighted by Gasteiger charge is 2.18. The predicted octanol–water partition coefficient (Wildman–Crippen LogP) is 3.47. The summed E-state index contributed by atoms with van der Waals surface area (Å²) in [5.41, 5.74) is 6.19. The Morgan fingerprint density at radius 2 is 2.00 bits per heavy atom. The van der Waals surface area contributed by atoms with Gasteiger partial charge in [-0.2, -0.15) is 0 Å². The van der Waals surface area contributed by atoms with Crippen molar-refractivity contribution < 1.29 is 4.74 Å². The highest BCUT2D eigenvalue weighted by molar-refractivity contribution is 5.96. The maximum absolute atomic E-state index is 5.39. The van der Waals surface area contributed by atoms with Gasteiger partial charge in [0.15, 0.2) is 0 Å². The zero-order chi connectivity index (χ0) is 13.4. The average Bonchev–Trinajstić information content (AvgIpc) is 2.45. The lowest BCUT2D eigenvalue weighted by molar-refractivity contribution is 0.415. The number of nitrogens with one attached hydrogen (secondary N) is 1. The minimum absolute atomic E-state index is 0.902. The van der Waals surface area contributed by atoms with Gasteiger partial charge in [0.25, 0.3) is 0 Å². The number of hydrogen-bond acceptors (Lipinski definition) is 3. The van der Waals surface area contributed by atoms with Crippen molar-refractivity contribution in [1.29, 1.82) is 0 Å². The molecule has 0 bridgehead atoms. The van der Waals surface area contributed by atoms with Crippen LogP contribution in [0, 0.1) is 6.92 Å². The summed E-state index contributed by atoms with van der Waals surface area (Å²) in [4.78, 5) is 4.90. The minimum atomic E-state index is 0.902. The highest BCUT2D eigenvalue weighted by Crippen LogP contribution is 2.36. The van der Waals surface area contributed by atoms with Crippen molar-refractivity contribution in [2.75, 3.05) is 19.5 Å². The molecule has 1 aromatic carbocycles. The molecule has 3 rings (SSSR count). The maximum atomic E-state index is 5.39. The van der Waals surface area contributed by atoms with E-state index in [1.807, 2.05) is 7.05 Å². The second-order valence-electron chi connectivity index (χ2n) is 5.21. The summed E-state index contributed by atoms with van der Waals surface area (Å²) in [5.74, 6) is 0.902. The number of anilines is 1. The molecule has 1 aliphatic rings. The van der Waals surface area contributed by atoms with E-state index >= 15 is 0 Å². The van der Waals surface area contributed by atoms with Crippen molar-refractivity contribution >= 4 is 16.6 Å². The fourth-order valence-corrected chi connectivity index (χ4v) is 3.07. The van der Waals surface area contributed by atoms with Crippen LogP contribution in [-0.4, -0.2) is 19.1 Å². The van der Waals surface area contributed by atoms with Crippen LogP contribution in [0.3, 0.4) is 0 Å². The van der Waals surface area contributed by atoms with Crippen molar-refractivity contribution in [1.82, 2.24) is 4.98 Å². The van der Waals surface area contributed by atoms with E-state index in [4.69, 9.17) is 9.72 Å². The molecule has 0 spiro atoms. The van der Waals surface area contributed by atoms with Gasteiger partial charge in [-0.1, -0.05) is 0 Å². The van der Waals surface area contributed by atoms with Gasteiger partial charge in [-0.25, -0.2) is 0 Å². The van der Waals surface area contributed by atoms with E-state index in [1.165, 1.54) is 40.7 Å². The molecule has 100 valence electrons. The van der Waals surface area contributed by atoms with E-state index < -0.39 is 0 Å². The number of rotatable bonds is 2. The molecule has 1 aliphatic carbocycles. The molecule has 1 heterocycles. The number of benzene rings is 1. The lowest BCUT2D eigenvalue weighted by Crippen LogP contribution is -2.10. The van der Waals surface area contributed by atoms with E-state index in [1.54, 1.807) is 7.11 Å². The van der Waals surface area contributed by atoms with Crippen LogP contribution < -0.4 is 10.1 Å². The van der Waals surface area contributed by atoms with Crippen molar-refractivity contribution in [3.8, 4) is 5.75 Å². The van der Waals surface area contributed by atoms with Crippen LogP contribution in [-0.2, 0) is 12.8 Å². The highest BCUT2D eigenvalue weighted by atomic mass is 16.5. The fourth-order valence-electron chi connectivity index (χ4n) is 3.07. The van der Waals surface area contributed by atoms with Gasteiger partial charge < -0.3 is 10.1 Å². The zero-order valence-corrected chi connectivity index (χ0v) is 11.8. The first-order valence-corrected chi connectivity index (χ1v) is 6.92. The average molecular weight is 256 g/mol. The third-order valence-corrected chi connectivity index (χ3v) is 4.02. The minimum Gasteiger partial charge on any atom is -0.497 e. The molecule has 2 aromatic rings. The van der Waals surface area contributed by atoms with E-state index in [0.717, 1.165) is 24.1 Å². The Morgan fingerprint density at radius 1 is 1.21 bits per heavy atom. The Balaban J connectivity index is 2.36. The van der Waals surface area contributed by atoms with Crippen molar-refractivity contribution in [3.63, 3.8) is 0 Å². The Kier molecular flexibility index (Phi) is 3.05. The standard InChI is InChI=1S/C16H20N2O/c1-10-8-11(19-3)9-13-15(10)18-14-7-5-4-6-12(14)16(13)17-2/h8-9H,4-7H2,1-3H3,(H,17,18). The van der Waals surface area contributed by atoms with E-state index in [0.29, 0.717) is 0 Å². The zero-order valence-electron chi connectivity index (χ0n) is 11.8. The monoisotopic (exact) mass is 256 g/mol. The topological polar surface area (TPSA) is 34.2 Å². The van der Waals surface area contributed by atoms with Crippen LogP contribution in [0.5, 0.6) is 5.75 Å². The van der Waals surface area contributed by atoms with Crippen LogP contribution in [0.1, 0.15) is 29.7 Å². The number of nitrogens with zero attached hydrogens (tertiary/aromatic N) is 1. The van der Waals surface area contributed by atoms with E-state index in [2.05, 4.69) is 24.4 Å². The summed E-state index contributed by atoms with van der Waals surface area (Å²) in [6.45, 7) is 2.10. The molecule has 0 radical (unpaired) electrons. The summed E-state index contributed by atoms with van der Waals surface area (Å²) in [6, 6.07) is 4.15. The van der Waals surface area contributed by atoms with Crippen LogP contribution in [0.2, 0.25) is 0 Å². The number of aryl methyl sites for hydroxylation is 2. The second-order valence-corrected chi connectivity index (χ2v) is 5.21. The van der Waals surface area contributed by atoms with E-state index in [9.17, 15) is 0 Å². The molecule has 3 nitrogen and oxygen atoms in total. The molecule has 1 N–H and O–H groups in total. The van der Waals surface area contributed by atoms with Gasteiger partial charge in [-0.15, -0.1) is 0 Å². The first kappa shape index (κ1) is 12.3. The number of methoxy groups -OCH3 is 1. The first-order valence-electron chi connectivity index (χ1n) is 6.92. The number of pyridine rings is 1. The van der Waals surface area contributed by atoms with Gasteiger partial charge in [0.05, 0.1) is 12.6 Å². The van der Waals surface area contributed by atoms with Crippen molar-refractivity contribution in [2.45, 2.75) is 32.6 Å². The summed E-state index contributed by atoms with van der Waals surface area (Å²) >= 11 is 0. The summed E-state index contributed by atoms with van der Waals surface area (Å²) in [5, 5.41) is 4.56. The third-order valence-electron chi connectivity index (χ3n) is 4.02. The first-order chi connectivity index (χ1) is 9.24. The molecule has 3 heteroatoms. The molecule has 0 saturated heterocycles. The van der Waals surface area contributed by atoms with Crippen molar-refractivity contribution in [2.24, 2.45) is 0 Å². The number of fused-ring (bicyclic) bond motifs is 2. The second kappa shape index (κ2) is 4.72. The largest absolute Gasteiger partial charge is 0.497 e. The Morgan fingerprint density at radius 3 is 2.74 bits per heavy atom. The molecular formula is C16H20N2O. The van der Waals surface area contributed by atoms with Crippen LogP contribution in [0.15, 0.2) is 12.1 Å². The molecule has 0 fully saturated rings. The maximum Gasteiger partial charge on any atom is 0.119 e. The molecule has 0 atom stereocenters. The van der Waals surface area contributed by atoms with Gasteiger partial charge >= 0.3 is 0 Å². The summed E-state index contributed by atoms with van der Waals surface area (Å²) < 4.78 is 5.39. The molecule has 0 unspecified atom stereocenters. The van der Waals surface area contributed by atoms with Gasteiger partial charge in [0.1, 0.15) is 5.75 Å². The molecule has 0 saturated carbocycles. The van der Waals surface area contributed by atoms with Crippen molar-refractivity contribution in [3.05, 3.63) is 29.0 Å². The third kappa shape index (κ3) is 1.93. The molecule has 0 aliphatic heterocycles. The number of hydrogen-bond donors (Lipinski definition) is 1. The Hall–Kier alpha value is -1.77. The SMILES string of the molecule is CNc1c2c(nc3c(C)cc(OC)cc13)CCCC2. The van der Waals surface area contributed by atoms with E-state index in [-0.39, 0.29) is 0 Å². The smallest absolute Gasteiger partial charge is 0.119 e. The van der Waals surface area contributed by atoms with Gasteiger partial charge in [0, 0.05) is 23.8 Å². The molecule has 0 amide bonds. The lowest BCUT2D eigenvalue weighted by Gasteiger charge is -2.21. The summed E-state index contributed by atoms with van der Waals surface area (Å²) in [7, 11) is 3.71.